The van der Waals surface area contributed by atoms with E-state index in [0.717, 1.165) is 29.9 Å². The molecule has 0 aliphatic heterocycles. The molecule has 31 heavy (non-hydrogen) atoms. The minimum atomic E-state index is -0.165. The topological polar surface area (TPSA) is 78.3 Å². The second kappa shape index (κ2) is 11.6. The van der Waals surface area contributed by atoms with Gasteiger partial charge in [-0.2, -0.15) is 0 Å². The van der Waals surface area contributed by atoms with Crippen molar-refractivity contribution < 1.29 is 14.3 Å². The lowest BCUT2D eigenvalue weighted by molar-refractivity contribution is -0.113. The molecule has 1 N–H and O–H groups in total. The van der Waals surface area contributed by atoms with Crippen LogP contribution >= 0.6 is 23.4 Å². The van der Waals surface area contributed by atoms with E-state index in [1.54, 1.807) is 12.1 Å². The predicted octanol–water partition coefficient (Wildman–Crippen LogP) is 5.21. The van der Waals surface area contributed by atoms with Gasteiger partial charge in [0.05, 0.1) is 30.7 Å². The molecule has 0 unspecified atom stereocenters. The van der Waals surface area contributed by atoms with Crippen LogP contribution in [0.3, 0.4) is 0 Å². The molecular weight excluding hydrogens is 436 g/mol. The van der Waals surface area contributed by atoms with Crippen molar-refractivity contribution in [2.45, 2.75) is 63.6 Å². The van der Waals surface area contributed by atoms with E-state index in [1.165, 1.54) is 64.5 Å². The average molecular weight is 467 g/mol. The maximum absolute atomic E-state index is 12.6. The number of halogens is 1. The molecule has 1 aliphatic carbocycles. The van der Waals surface area contributed by atoms with Crippen molar-refractivity contribution in [3.8, 4) is 11.5 Å². The molecule has 1 heterocycles. The van der Waals surface area contributed by atoms with Crippen LogP contribution in [0.5, 0.6) is 11.5 Å². The highest BCUT2D eigenvalue weighted by molar-refractivity contribution is 7.99. The molecule has 1 aromatic heterocycles. The van der Waals surface area contributed by atoms with Crippen molar-refractivity contribution in [3.05, 3.63) is 23.0 Å². The van der Waals surface area contributed by atoms with Gasteiger partial charge in [-0.25, -0.2) is 0 Å². The first-order valence-corrected chi connectivity index (χ1v) is 12.2. The number of rotatable bonds is 10. The Morgan fingerprint density at radius 1 is 1.19 bits per heavy atom. The minimum absolute atomic E-state index is 0.165. The molecule has 7 nitrogen and oxygen atoms in total. The number of thioether (sulfide) groups is 1. The van der Waals surface area contributed by atoms with Gasteiger partial charge in [0.2, 0.25) is 5.91 Å². The van der Waals surface area contributed by atoms with Crippen molar-refractivity contribution in [3.63, 3.8) is 0 Å². The molecule has 0 atom stereocenters. The third kappa shape index (κ3) is 6.29. The van der Waals surface area contributed by atoms with Crippen LogP contribution in [0, 0.1) is 5.92 Å². The summed E-state index contributed by atoms with van der Waals surface area (Å²) in [5.74, 6) is 2.82. The number of ether oxygens (including phenoxy) is 2. The Morgan fingerprint density at radius 3 is 2.61 bits per heavy atom. The Labute approximate surface area is 193 Å². The normalized spacial score (nSPS) is 14.5. The molecular formula is C22H31ClN4O3S. The number of nitrogens with one attached hydrogen (secondary N) is 1. The van der Waals surface area contributed by atoms with E-state index in [0.29, 0.717) is 22.2 Å². The maximum atomic E-state index is 12.6. The van der Waals surface area contributed by atoms with Crippen LogP contribution < -0.4 is 14.8 Å². The smallest absolute Gasteiger partial charge is 0.234 e. The molecule has 0 radical (unpaired) electrons. The number of hydrogen-bond acceptors (Lipinski definition) is 6. The summed E-state index contributed by atoms with van der Waals surface area (Å²) in [5, 5.41) is 12.8. The van der Waals surface area contributed by atoms with Crippen molar-refractivity contribution >= 4 is 35.0 Å². The lowest BCUT2D eigenvalue weighted by Gasteiger charge is -2.21. The van der Waals surface area contributed by atoms with Gasteiger partial charge in [0.15, 0.2) is 5.16 Å². The largest absolute Gasteiger partial charge is 0.495 e. The first kappa shape index (κ1) is 23.7. The highest BCUT2D eigenvalue weighted by Gasteiger charge is 2.18. The number of nitrogens with zero attached hydrogens (tertiary/aromatic N) is 3. The van der Waals surface area contributed by atoms with Crippen LogP contribution in [-0.4, -0.2) is 40.6 Å². The zero-order valence-electron chi connectivity index (χ0n) is 18.4. The van der Waals surface area contributed by atoms with Gasteiger partial charge in [0.25, 0.3) is 0 Å². The van der Waals surface area contributed by atoms with E-state index >= 15 is 0 Å². The lowest BCUT2D eigenvalue weighted by Crippen LogP contribution is -2.15. The first-order valence-electron chi connectivity index (χ1n) is 10.8. The summed E-state index contributed by atoms with van der Waals surface area (Å²) in [6.45, 7) is 2.88. The number of carbonyl (C=O) groups is 1. The van der Waals surface area contributed by atoms with Gasteiger partial charge in [0.1, 0.15) is 17.3 Å². The van der Waals surface area contributed by atoms with Crippen LogP contribution in [0.1, 0.15) is 51.3 Å². The lowest BCUT2D eigenvalue weighted by atomic mass is 9.86. The van der Waals surface area contributed by atoms with Gasteiger partial charge in [-0.15, -0.1) is 10.2 Å². The van der Waals surface area contributed by atoms with E-state index in [9.17, 15) is 4.79 Å². The quantitative estimate of drug-likeness (QED) is 0.484. The van der Waals surface area contributed by atoms with Gasteiger partial charge in [-0.05, 0) is 19.3 Å². The summed E-state index contributed by atoms with van der Waals surface area (Å²) in [6.07, 6.45) is 8.86. The zero-order chi connectivity index (χ0) is 22.2. The van der Waals surface area contributed by atoms with Crippen LogP contribution in [0.25, 0.3) is 0 Å². The van der Waals surface area contributed by atoms with Gasteiger partial charge < -0.3 is 19.4 Å². The van der Waals surface area contributed by atoms with Gasteiger partial charge in [0, 0.05) is 25.1 Å². The summed E-state index contributed by atoms with van der Waals surface area (Å²) in [4.78, 5) is 12.6. The van der Waals surface area contributed by atoms with Crippen LogP contribution in [0.15, 0.2) is 17.3 Å². The molecule has 0 spiro atoms. The number of aryl methyl sites for hydroxylation is 1. The molecule has 2 aromatic rings. The monoisotopic (exact) mass is 466 g/mol. The van der Waals surface area contributed by atoms with Crippen LogP contribution in [0.4, 0.5) is 5.69 Å². The SMILES string of the molecule is CCn1c(CCC2CCCCC2)nnc1SCC(=O)Nc1cc(OC)c(Cl)cc1OC. The van der Waals surface area contributed by atoms with Crippen molar-refractivity contribution in [1.82, 2.24) is 14.8 Å². The Morgan fingerprint density at radius 2 is 1.94 bits per heavy atom. The number of aromatic nitrogens is 3. The van der Waals surface area contributed by atoms with E-state index in [-0.39, 0.29) is 11.7 Å². The average Bonchev–Trinajstić information content (AvgIpc) is 3.19. The van der Waals surface area contributed by atoms with E-state index < -0.39 is 0 Å². The number of methoxy groups -OCH3 is 2. The molecule has 1 aromatic carbocycles. The highest BCUT2D eigenvalue weighted by Crippen LogP contribution is 2.36. The number of amides is 1. The number of hydrogen-bond donors (Lipinski definition) is 1. The molecule has 0 saturated heterocycles. The van der Waals surface area contributed by atoms with E-state index in [4.69, 9.17) is 21.1 Å². The summed E-state index contributed by atoms with van der Waals surface area (Å²) >= 11 is 7.52. The minimum Gasteiger partial charge on any atom is -0.495 e. The third-order valence-corrected chi connectivity index (χ3v) is 6.95. The standard InChI is InChI=1S/C22H31ClN4O3S/c1-4-27-20(11-10-15-8-6-5-7-9-15)25-26-22(27)31-14-21(28)24-17-13-18(29-2)16(23)12-19(17)30-3/h12-13,15H,4-11,14H2,1-3H3,(H,24,28). The van der Waals surface area contributed by atoms with E-state index in [1.807, 2.05) is 0 Å². The second-order valence-corrected chi connectivity index (χ2v) is 9.06. The third-order valence-electron chi connectivity index (χ3n) is 5.69. The first-order chi connectivity index (χ1) is 15.0. The summed E-state index contributed by atoms with van der Waals surface area (Å²) < 4.78 is 12.7. The Kier molecular flexibility index (Phi) is 8.90. The summed E-state index contributed by atoms with van der Waals surface area (Å²) in [6, 6.07) is 3.27. The predicted molar refractivity (Wildman–Crippen MR) is 125 cm³/mol. The fourth-order valence-electron chi connectivity index (χ4n) is 4.01. The second-order valence-electron chi connectivity index (χ2n) is 7.71. The Hall–Kier alpha value is -1.93. The summed E-state index contributed by atoms with van der Waals surface area (Å²) in [5.41, 5.74) is 0.513. The maximum Gasteiger partial charge on any atom is 0.234 e. The van der Waals surface area contributed by atoms with Gasteiger partial charge >= 0.3 is 0 Å². The fourth-order valence-corrected chi connectivity index (χ4v) is 5.06. The molecule has 1 saturated carbocycles. The molecule has 9 heteroatoms. The van der Waals surface area contributed by atoms with Gasteiger partial charge in [-0.3, -0.25) is 4.79 Å². The molecule has 3 rings (SSSR count). The molecule has 1 fully saturated rings. The van der Waals surface area contributed by atoms with Crippen molar-refractivity contribution in [1.29, 1.82) is 0 Å². The van der Waals surface area contributed by atoms with Crippen molar-refractivity contribution in [2.75, 3.05) is 25.3 Å². The number of carbonyl (C=O) groups excluding carboxylic acids is 1. The van der Waals surface area contributed by atoms with Crippen LogP contribution in [-0.2, 0) is 17.8 Å². The number of benzene rings is 1. The van der Waals surface area contributed by atoms with Gasteiger partial charge in [-0.1, -0.05) is 55.5 Å². The van der Waals surface area contributed by atoms with Crippen LogP contribution in [0.2, 0.25) is 5.02 Å². The van der Waals surface area contributed by atoms with Crippen molar-refractivity contribution in [2.24, 2.45) is 5.92 Å². The zero-order valence-corrected chi connectivity index (χ0v) is 20.0. The molecule has 170 valence electrons. The Balaban J connectivity index is 1.58. The van der Waals surface area contributed by atoms with E-state index in [2.05, 4.69) is 27.0 Å². The molecule has 1 aliphatic rings. The molecule has 0 bridgehead atoms. The summed E-state index contributed by atoms with van der Waals surface area (Å²) in [7, 11) is 3.06. The highest BCUT2D eigenvalue weighted by atomic mass is 35.5. The Bertz CT molecular complexity index is 884. The fraction of sp³-hybridized carbons (Fsp3) is 0.591. The number of anilines is 1. The molecule has 1 amide bonds.